The summed E-state index contributed by atoms with van der Waals surface area (Å²) in [5.41, 5.74) is 2.23. The zero-order chi connectivity index (χ0) is 22.4. The van der Waals surface area contributed by atoms with E-state index in [0.717, 1.165) is 28.1 Å². The first-order chi connectivity index (χ1) is 14.6. The van der Waals surface area contributed by atoms with Gasteiger partial charge in [0, 0.05) is 43.1 Å². The van der Waals surface area contributed by atoms with E-state index in [0.29, 0.717) is 31.3 Å². The number of hydrogen-bond donors (Lipinski definition) is 3. The SMILES string of the molecule is CNc1cc2c(-c3nc(N4CCOC[C@H]4C)cc(C(C)(C)[S@@](C)(=N)=O)n3)cncc2[nH]1. The summed E-state index contributed by atoms with van der Waals surface area (Å²) in [6.07, 6.45) is 4.97. The van der Waals surface area contributed by atoms with Crippen molar-refractivity contribution in [3.63, 3.8) is 0 Å². The minimum atomic E-state index is -2.92. The summed E-state index contributed by atoms with van der Waals surface area (Å²) in [7, 11) is -1.07. The number of pyridine rings is 1. The predicted molar refractivity (Wildman–Crippen MR) is 124 cm³/mol. The van der Waals surface area contributed by atoms with E-state index in [1.54, 1.807) is 26.2 Å². The molecule has 0 bridgehead atoms. The molecule has 10 heteroatoms. The Bertz CT molecular complexity index is 1220. The van der Waals surface area contributed by atoms with E-state index in [1.807, 2.05) is 19.2 Å². The summed E-state index contributed by atoms with van der Waals surface area (Å²) in [5, 5.41) is 4.05. The first kappa shape index (κ1) is 21.5. The van der Waals surface area contributed by atoms with Crippen LogP contribution in [0.4, 0.5) is 11.6 Å². The first-order valence-corrected chi connectivity index (χ1v) is 12.2. The molecule has 0 unspecified atom stereocenters. The van der Waals surface area contributed by atoms with Gasteiger partial charge in [-0.1, -0.05) is 0 Å². The molecule has 1 aliphatic heterocycles. The van der Waals surface area contributed by atoms with Gasteiger partial charge in [0.05, 0.1) is 51.1 Å². The number of nitrogens with one attached hydrogen (secondary N) is 3. The van der Waals surface area contributed by atoms with Gasteiger partial charge >= 0.3 is 0 Å². The zero-order valence-corrected chi connectivity index (χ0v) is 19.3. The lowest BCUT2D eigenvalue weighted by Crippen LogP contribution is -2.44. The molecule has 2 atom stereocenters. The second-order valence-corrected chi connectivity index (χ2v) is 11.2. The summed E-state index contributed by atoms with van der Waals surface area (Å²) >= 11 is 0. The second-order valence-electron chi connectivity index (χ2n) is 8.49. The molecule has 0 aromatic carbocycles. The molecule has 31 heavy (non-hydrogen) atoms. The Morgan fingerprint density at radius 1 is 1.32 bits per heavy atom. The lowest BCUT2D eigenvalue weighted by Gasteiger charge is -2.35. The van der Waals surface area contributed by atoms with Crippen LogP contribution in [-0.4, -0.2) is 63.2 Å². The third-order valence-electron chi connectivity index (χ3n) is 6.02. The average Bonchev–Trinajstić information content (AvgIpc) is 3.16. The maximum atomic E-state index is 12.8. The highest BCUT2D eigenvalue weighted by molar-refractivity contribution is 7.92. The van der Waals surface area contributed by atoms with Gasteiger partial charge in [-0.2, -0.15) is 0 Å². The van der Waals surface area contributed by atoms with Gasteiger partial charge < -0.3 is 19.9 Å². The lowest BCUT2D eigenvalue weighted by molar-refractivity contribution is 0.0985. The van der Waals surface area contributed by atoms with Crippen LogP contribution in [-0.2, 0) is 19.2 Å². The Morgan fingerprint density at radius 2 is 2.10 bits per heavy atom. The average molecular weight is 444 g/mol. The number of fused-ring (bicyclic) bond motifs is 1. The molecule has 3 aromatic rings. The van der Waals surface area contributed by atoms with Crippen molar-refractivity contribution in [2.45, 2.75) is 31.6 Å². The Kier molecular flexibility index (Phi) is 5.38. The van der Waals surface area contributed by atoms with Crippen molar-refractivity contribution in [2.75, 3.05) is 43.3 Å². The molecule has 9 nitrogen and oxygen atoms in total. The monoisotopic (exact) mass is 443 g/mol. The molecular formula is C21H29N7O2S. The molecule has 3 aromatic heterocycles. The van der Waals surface area contributed by atoms with Crippen LogP contribution in [0.25, 0.3) is 22.3 Å². The zero-order valence-electron chi connectivity index (χ0n) is 18.5. The number of aromatic nitrogens is 4. The number of nitrogens with zero attached hydrogens (tertiary/aromatic N) is 4. The molecule has 0 aliphatic carbocycles. The maximum absolute atomic E-state index is 12.8. The van der Waals surface area contributed by atoms with Crippen LogP contribution in [0.3, 0.4) is 0 Å². The fourth-order valence-corrected chi connectivity index (χ4v) is 4.15. The quantitative estimate of drug-likeness (QED) is 0.554. The van der Waals surface area contributed by atoms with E-state index in [9.17, 15) is 4.21 Å². The number of hydrogen-bond acceptors (Lipinski definition) is 8. The summed E-state index contributed by atoms with van der Waals surface area (Å²) in [4.78, 5) is 19.5. The van der Waals surface area contributed by atoms with E-state index in [1.165, 1.54) is 6.26 Å². The Labute approximate surface area is 182 Å². The van der Waals surface area contributed by atoms with Gasteiger partial charge in [-0.25, -0.2) is 14.2 Å². The Balaban J connectivity index is 1.95. The summed E-state index contributed by atoms with van der Waals surface area (Å²) in [5.74, 6) is 2.11. The highest BCUT2D eigenvalue weighted by atomic mass is 32.2. The minimum absolute atomic E-state index is 0.145. The fourth-order valence-electron chi connectivity index (χ4n) is 3.64. The number of H-pyrrole nitrogens is 1. The van der Waals surface area contributed by atoms with Crippen molar-refractivity contribution in [3.05, 3.63) is 30.2 Å². The van der Waals surface area contributed by atoms with E-state index in [4.69, 9.17) is 19.5 Å². The molecule has 166 valence electrons. The number of ether oxygens (including phenoxy) is 1. The fraction of sp³-hybridized carbons (Fsp3) is 0.476. The van der Waals surface area contributed by atoms with Gasteiger partial charge in [0.1, 0.15) is 11.6 Å². The van der Waals surface area contributed by atoms with Gasteiger partial charge in [-0.3, -0.25) is 9.76 Å². The van der Waals surface area contributed by atoms with Crippen molar-refractivity contribution >= 4 is 32.3 Å². The summed E-state index contributed by atoms with van der Waals surface area (Å²) in [6, 6.07) is 4.01. The van der Waals surface area contributed by atoms with Crippen LogP contribution >= 0.6 is 0 Å². The molecule has 0 radical (unpaired) electrons. The number of aromatic amines is 1. The van der Waals surface area contributed by atoms with Crippen LogP contribution in [0.15, 0.2) is 24.5 Å². The minimum Gasteiger partial charge on any atom is -0.377 e. The van der Waals surface area contributed by atoms with Crippen LogP contribution in [0.5, 0.6) is 0 Å². The standard InChI is InChI=1S/C21H29N7O2S/c1-13-12-30-7-6-28(13)19-9-17(21(2,3)31(5,22)29)26-20(27-19)15-10-24-11-16-14(15)8-18(23-4)25-16/h8-11,13,22-23,25H,6-7,12H2,1-5H3/t13-,31+/m1/s1. The van der Waals surface area contributed by atoms with Crippen LogP contribution < -0.4 is 10.2 Å². The van der Waals surface area contributed by atoms with Crippen molar-refractivity contribution in [1.82, 2.24) is 19.9 Å². The molecule has 1 aliphatic rings. The topological polar surface area (TPSA) is 120 Å². The molecule has 0 saturated carbocycles. The van der Waals surface area contributed by atoms with Gasteiger partial charge in [0.25, 0.3) is 0 Å². The van der Waals surface area contributed by atoms with Gasteiger partial charge in [0.2, 0.25) is 0 Å². The molecule has 3 N–H and O–H groups in total. The Morgan fingerprint density at radius 3 is 2.77 bits per heavy atom. The number of morpholine rings is 1. The lowest BCUT2D eigenvalue weighted by atomic mass is 10.1. The highest BCUT2D eigenvalue weighted by Crippen LogP contribution is 2.34. The molecular weight excluding hydrogens is 414 g/mol. The van der Waals surface area contributed by atoms with E-state index >= 15 is 0 Å². The van der Waals surface area contributed by atoms with Crippen LogP contribution in [0.1, 0.15) is 26.5 Å². The predicted octanol–water partition coefficient (Wildman–Crippen LogP) is 3.20. The van der Waals surface area contributed by atoms with Crippen molar-refractivity contribution < 1.29 is 8.95 Å². The normalized spacial score (nSPS) is 19.4. The molecule has 0 amide bonds. The smallest absolute Gasteiger partial charge is 0.164 e. The van der Waals surface area contributed by atoms with E-state index in [2.05, 4.69) is 27.1 Å². The largest absolute Gasteiger partial charge is 0.377 e. The van der Waals surface area contributed by atoms with Crippen molar-refractivity contribution in [1.29, 1.82) is 4.78 Å². The number of rotatable bonds is 5. The van der Waals surface area contributed by atoms with E-state index in [-0.39, 0.29) is 6.04 Å². The molecule has 4 rings (SSSR count). The van der Waals surface area contributed by atoms with Crippen molar-refractivity contribution in [3.8, 4) is 11.4 Å². The Hall–Kier alpha value is -2.72. The molecule has 0 spiro atoms. The van der Waals surface area contributed by atoms with Crippen LogP contribution in [0, 0.1) is 4.78 Å². The highest BCUT2D eigenvalue weighted by Gasteiger charge is 2.33. The first-order valence-electron chi connectivity index (χ1n) is 10.2. The molecule has 1 fully saturated rings. The van der Waals surface area contributed by atoms with Gasteiger partial charge in [-0.15, -0.1) is 0 Å². The van der Waals surface area contributed by atoms with E-state index < -0.39 is 14.5 Å². The van der Waals surface area contributed by atoms with Crippen molar-refractivity contribution in [2.24, 2.45) is 0 Å². The van der Waals surface area contributed by atoms with Crippen LogP contribution in [0.2, 0.25) is 0 Å². The number of anilines is 2. The molecule has 4 heterocycles. The maximum Gasteiger partial charge on any atom is 0.164 e. The third-order valence-corrected chi connectivity index (χ3v) is 8.18. The van der Waals surface area contributed by atoms with Gasteiger partial charge in [-0.05, 0) is 26.8 Å². The molecule has 1 saturated heterocycles. The second kappa shape index (κ2) is 7.76. The third kappa shape index (κ3) is 3.85. The summed E-state index contributed by atoms with van der Waals surface area (Å²) < 4.78 is 25.7. The summed E-state index contributed by atoms with van der Waals surface area (Å²) in [6.45, 7) is 7.63. The van der Waals surface area contributed by atoms with Gasteiger partial charge in [0.15, 0.2) is 5.82 Å².